The first kappa shape index (κ1) is 113. The van der Waals surface area contributed by atoms with E-state index in [1.54, 1.807) is 45.9 Å². The second kappa shape index (κ2) is 58.3. The predicted molar refractivity (Wildman–Crippen MR) is 475 cm³/mol. The van der Waals surface area contributed by atoms with Crippen LogP contribution >= 0.6 is 11.8 Å². The number of nitrogens with zero attached hydrogens (tertiary/aromatic N) is 1. The first-order valence-corrected chi connectivity index (χ1v) is 44.5. The Bertz CT molecular complexity index is 4420. The summed E-state index contributed by atoms with van der Waals surface area (Å²) in [5, 5.41) is 138. The molecule has 0 saturated carbocycles. The molecule has 27 N–H and O–H groups in total. The molecule has 0 radical (unpaired) electrons. The molecule has 16 amide bonds. The highest BCUT2D eigenvalue weighted by atomic mass is 32.2. The Morgan fingerprint density at radius 2 is 0.880 bits per heavy atom. The lowest BCUT2D eigenvalue weighted by Gasteiger charge is -2.30. The van der Waals surface area contributed by atoms with E-state index in [4.69, 9.17) is 5.73 Å². The molecule has 1 saturated heterocycles. The van der Waals surface area contributed by atoms with Gasteiger partial charge in [-0.1, -0.05) is 95.1 Å². The minimum absolute atomic E-state index is 0.0584. The molecule has 3 aromatic rings. The Labute approximate surface area is 771 Å². The standard InChI is InChI=1S/C86H127N17O29S/c1-8-46(4)72(84(130)96-59(36-52-19-25-55(110)26-20-52)79(125)93-58(34-45(2)3)78(124)94-61(37-70(117)118)77(123)90-47(5)14-12-13-31-87)101-83(129)64(42-106)98-76(122)57(27-21-50-17-23-54(109)24-18-50)92-80(126)62(38-71(119)120)95-82(128)63(41-105)99-86(132)74(49(7)108)102-81(127)60(35-51-15-10-9-11-16-51)97-85(131)73(48(6)107)100-65(111)39-89-75(121)56(28-30-69(115)116)91-67(113)44-133-43-66(112)88-32-33-103-53(40-104)22-29-68(103)114/h9-11,15-20,23-26,45-49,53,56-64,72-74,104-110H,8,12-14,21-22,27-44,87H2,1-7H3,(H,88,112)(H,89,121)(H,90,123)(H,91,113)(H,92,126)(H,93,125)(H,94,124)(H,95,128)(H,96,130)(H,97,131)(H,98,122)(H,99,132)(H,100,111)(H,101,129)(H,102,127)(H,115,116)(H,117,118)(H,119,120)/t46-,47+,48+,49+,53-,56-,57-,58-,59-,60-,61-,62-,63-,64-,72-,73-,74-/m0/s1. The van der Waals surface area contributed by atoms with E-state index in [9.17, 15) is 142 Å². The summed E-state index contributed by atoms with van der Waals surface area (Å²) in [7, 11) is 0. The van der Waals surface area contributed by atoms with Crippen molar-refractivity contribution in [3.8, 4) is 11.5 Å². The summed E-state index contributed by atoms with van der Waals surface area (Å²) in [6, 6.07) is -4.08. The highest BCUT2D eigenvalue weighted by Crippen LogP contribution is 2.20. The quantitative estimate of drug-likeness (QED) is 0.0234. The van der Waals surface area contributed by atoms with Crippen LogP contribution in [-0.2, 0) is 110 Å². The van der Waals surface area contributed by atoms with Gasteiger partial charge >= 0.3 is 17.9 Å². The predicted octanol–water partition coefficient (Wildman–Crippen LogP) is -6.43. The molecule has 0 aliphatic carbocycles. The van der Waals surface area contributed by atoms with Crippen molar-refractivity contribution in [1.82, 2.24) is 84.7 Å². The molecule has 736 valence electrons. The molecule has 1 heterocycles. The van der Waals surface area contributed by atoms with Gasteiger partial charge in [0, 0.05) is 44.8 Å². The van der Waals surface area contributed by atoms with E-state index < -0.39 is 267 Å². The van der Waals surface area contributed by atoms with Crippen LogP contribution < -0.4 is 85.5 Å². The van der Waals surface area contributed by atoms with Crippen molar-refractivity contribution in [3.63, 3.8) is 0 Å². The van der Waals surface area contributed by atoms with Crippen LogP contribution in [0, 0.1) is 11.8 Å². The van der Waals surface area contributed by atoms with E-state index in [0.717, 1.165) is 25.6 Å². The maximum absolute atomic E-state index is 14.7. The number of aliphatic hydroxyl groups is 5. The number of amides is 16. The van der Waals surface area contributed by atoms with Crippen molar-refractivity contribution in [2.75, 3.05) is 57.5 Å². The van der Waals surface area contributed by atoms with Gasteiger partial charge in [0.25, 0.3) is 0 Å². The third kappa shape index (κ3) is 40.9. The number of carbonyl (C=O) groups is 19. The normalized spacial score (nSPS) is 15.9. The lowest BCUT2D eigenvalue weighted by atomic mass is 9.96. The second-order valence-corrected chi connectivity index (χ2v) is 33.6. The van der Waals surface area contributed by atoms with Crippen molar-refractivity contribution >= 4 is 124 Å². The van der Waals surface area contributed by atoms with Gasteiger partial charge in [-0.15, -0.1) is 11.8 Å². The molecule has 133 heavy (non-hydrogen) atoms. The summed E-state index contributed by atoms with van der Waals surface area (Å²) in [6.07, 6.45) is -5.66. The number of likely N-dealkylation sites (tertiary alicyclic amines) is 1. The fourth-order valence-corrected chi connectivity index (χ4v) is 14.3. The molecule has 3 aromatic carbocycles. The van der Waals surface area contributed by atoms with E-state index in [2.05, 4.69) is 79.8 Å². The topological polar surface area (TPSA) is 736 Å². The molecule has 0 aromatic heterocycles. The van der Waals surface area contributed by atoms with E-state index in [0.29, 0.717) is 48.9 Å². The van der Waals surface area contributed by atoms with Gasteiger partial charge in [0.1, 0.15) is 84.0 Å². The summed E-state index contributed by atoms with van der Waals surface area (Å²) in [6.45, 7) is 7.16. The van der Waals surface area contributed by atoms with Gasteiger partial charge in [0.15, 0.2) is 0 Å². The minimum atomic E-state index is -2.21. The van der Waals surface area contributed by atoms with Gasteiger partial charge in [-0.2, -0.15) is 0 Å². The molecular formula is C86H127N17O29S. The van der Waals surface area contributed by atoms with E-state index in [1.165, 1.54) is 72.5 Å². The van der Waals surface area contributed by atoms with Gasteiger partial charge in [-0.25, -0.2) is 0 Å². The van der Waals surface area contributed by atoms with Gasteiger partial charge < -0.3 is 141 Å². The lowest BCUT2D eigenvalue weighted by Crippen LogP contribution is -2.63. The number of carbonyl (C=O) groups excluding carboxylic acids is 16. The zero-order chi connectivity index (χ0) is 99.3. The van der Waals surface area contributed by atoms with Crippen LogP contribution in [0.25, 0.3) is 0 Å². The van der Waals surface area contributed by atoms with Crippen molar-refractivity contribution < 1.29 is 142 Å². The number of aryl methyl sites for hydroxylation is 1. The summed E-state index contributed by atoms with van der Waals surface area (Å²) >= 11 is 0.828. The molecule has 4 rings (SSSR count). The number of aromatic hydroxyl groups is 2. The minimum Gasteiger partial charge on any atom is -0.508 e. The van der Waals surface area contributed by atoms with Gasteiger partial charge in [-0.05, 0) is 125 Å². The third-order valence-electron chi connectivity index (χ3n) is 21.2. The fraction of sp³-hybridized carbons (Fsp3) is 0.570. The first-order chi connectivity index (χ1) is 62.9. The Morgan fingerprint density at radius 1 is 0.444 bits per heavy atom. The number of rotatable bonds is 61. The molecule has 1 aliphatic rings. The van der Waals surface area contributed by atoms with Gasteiger partial charge in [0.2, 0.25) is 94.5 Å². The molecule has 0 unspecified atom stereocenters. The van der Waals surface area contributed by atoms with Crippen LogP contribution in [0.5, 0.6) is 11.5 Å². The smallest absolute Gasteiger partial charge is 0.305 e. The highest BCUT2D eigenvalue weighted by molar-refractivity contribution is 8.00. The van der Waals surface area contributed by atoms with E-state index in [-0.39, 0.29) is 86.9 Å². The number of hydrogen-bond donors (Lipinski definition) is 26. The number of carboxylic acids is 3. The number of phenols is 2. The van der Waals surface area contributed by atoms with Crippen LogP contribution in [0.3, 0.4) is 0 Å². The maximum atomic E-state index is 14.7. The first-order valence-electron chi connectivity index (χ1n) is 43.4. The zero-order valence-corrected chi connectivity index (χ0v) is 75.8. The maximum Gasteiger partial charge on any atom is 0.305 e. The van der Waals surface area contributed by atoms with Crippen molar-refractivity contribution in [2.45, 2.75) is 242 Å². The molecule has 0 spiro atoms. The Kier molecular flexibility index (Phi) is 49.3. The molecule has 17 atom stereocenters. The van der Waals surface area contributed by atoms with Crippen LogP contribution in [0.2, 0.25) is 0 Å². The highest BCUT2D eigenvalue weighted by Gasteiger charge is 2.41. The molecule has 0 bridgehead atoms. The molecule has 47 heteroatoms. The van der Waals surface area contributed by atoms with Crippen molar-refractivity contribution in [2.24, 2.45) is 17.6 Å². The number of nitrogens with two attached hydrogens (primary N) is 1. The number of aliphatic hydroxyl groups excluding tert-OH is 5. The SMILES string of the molecule is CC[C@H](C)[C@H](NC(=O)[C@H](CO)NC(=O)[C@H](CCc1ccc(O)cc1)NC(=O)[C@H](CC(=O)O)NC(=O)[C@H](CO)NC(=O)[C@@H](NC(=O)[C@H](Cc1ccccc1)NC(=O)[C@@H](NC(=O)CNC(=O)[C@H](CCC(=O)O)NC(=O)CSCC(=O)NCCN1C(=O)CC[C@H]1CO)[C@@H](C)O)[C@@H](C)O)C(=O)N[C@@H](Cc1ccc(O)cc1)C(=O)N[C@@H](CC(C)C)C(=O)N[C@@H](CC(=O)O)C(=O)N[C@H](C)CCCCN. The average molecular weight is 1900 g/mol. The number of thioether (sulfide) groups is 1. The third-order valence-corrected chi connectivity index (χ3v) is 22.1. The van der Waals surface area contributed by atoms with Crippen molar-refractivity contribution in [1.29, 1.82) is 0 Å². The van der Waals surface area contributed by atoms with Gasteiger partial charge in [-0.3, -0.25) is 91.1 Å². The number of hydrogen-bond acceptors (Lipinski definition) is 28. The van der Waals surface area contributed by atoms with Crippen LogP contribution in [-0.4, -0.2) is 323 Å². The summed E-state index contributed by atoms with van der Waals surface area (Å²) in [5.41, 5.74) is 6.74. The van der Waals surface area contributed by atoms with E-state index in [1.807, 2.05) is 0 Å². The number of aliphatic carboxylic acids is 3. The molecular weight excluding hydrogens is 1770 g/mol. The van der Waals surface area contributed by atoms with Gasteiger partial charge in [0.05, 0.1) is 69.0 Å². The summed E-state index contributed by atoms with van der Waals surface area (Å²) in [4.78, 5) is 259. The van der Waals surface area contributed by atoms with Crippen LogP contribution in [0.15, 0.2) is 78.9 Å². The van der Waals surface area contributed by atoms with Crippen LogP contribution in [0.1, 0.15) is 142 Å². The number of nitrogens with one attached hydrogen (secondary N) is 15. The monoisotopic (exact) mass is 1890 g/mol. The summed E-state index contributed by atoms with van der Waals surface area (Å²) in [5.74, 6) is -23.5. The molecule has 46 nitrogen and oxygen atoms in total. The Balaban J connectivity index is 1.53. The number of carboxylic acid groups (broad SMARTS) is 3. The number of phenolic OH excluding ortho intramolecular Hbond substituents is 2. The number of benzene rings is 3. The lowest BCUT2D eigenvalue weighted by molar-refractivity contribution is -0.142. The molecule has 1 aliphatic heterocycles. The average Bonchev–Trinajstić information content (AvgIpc) is 1.30. The zero-order valence-electron chi connectivity index (χ0n) is 75.0. The Hall–Kier alpha value is -12.7. The van der Waals surface area contributed by atoms with E-state index >= 15 is 0 Å². The number of unbranched alkanes of at least 4 members (excludes halogenated alkanes) is 1. The van der Waals surface area contributed by atoms with Crippen LogP contribution in [0.4, 0.5) is 0 Å². The molecule has 1 fully saturated rings. The Morgan fingerprint density at radius 3 is 1.40 bits per heavy atom. The fourth-order valence-electron chi connectivity index (χ4n) is 13.6. The van der Waals surface area contributed by atoms with Crippen molar-refractivity contribution in [3.05, 3.63) is 95.6 Å². The largest absolute Gasteiger partial charge is 0.508 e. The summed E-state index contributed by atoms with van der Waals surface area (Å²) < 4.78 is 0. The second-order valence-electron chi connectivity index (χ2n) is 32.6.